The molecule has 0 spiro atoms. The van der Waals surface area contributed by atoms with Gasteiger partial charge in [-0.25, -0.2) is 14.4 Å². The predicted molar refractivity (Wildman–Crippen MR) is 153 cm³/mol. The van der Waals surface area contributed by atoms with Crippen LogP contribution in [0.25, 0.3) is 0 Å². The summed E-state index contributed by atoms with van der Waals surface area (Å²) in [5.41, 5.74) is 2.14. The molecule has 12 heteroatoms. The summed E-state index contributed by atoms with van der Waals surface area (Å²) in [7, 11) is 5.82. The van der Waals surface area contributed by atoms with Gasteiger partial charge in [0.15, 0.2) is 0 Å². The number of amides is 1. The van der Waals surface area contributed by atoms with Gasteiger partial charge in [-0.2, -0.15) is 0 Å². The average molecular weight is 564 g/mol. The van der Waals surface area contributed by atoms with Crippen molar-refractivity contribution in [2.24, 2.45) is 0 Å². The average Bonchev–Trinajstić information content (AvgIpc) is 2.89. The van der Waals surface area contributed by atoms with Gasteiger partial charge in [0, 0.05) is 50.1 Å². The fraction of sp³-hybridized carbons (Fsp3) is 0.500. The fourth-order valence-electron chi connectivity index (χ4n) is 4.68. The Balaban J connectivity index is 1.56. The second-order valence-corrected chi connectivity index (χ2v) is 11.3. The van der Waals surface area contributed by atoms with E-state index in [0.29, 0.717) is 51.0 Å². The third kappa shape index (κ3) is 6.88. The maximum atomic E-state index is 12.6. The van der Waals surface area contributed by atoms with Crippen LogP contribution in [-0.4, -0.2) is 97.6 Å². The highest BCUT2D eigenvalue weighted by Gasteiger charge is 2.29. The molecule has 2 saturated heterocycles. The van der Waals surface area contributed by atoms with Crippen LogP contribution >= 0.6 is 23.4 Å². The zero-order chi connectivity index (χ0) is 27.2. The first-order chi connectivity index (χ1) is 18.3. The Labute approximate surface area is 232 Å². The summed E-state index contributed by atoms with van der Waals surface area (Å²) >= 11 is 7.94. The zero-order valence-electron chi connectivity index (χ0n) is 22.0. The second-order valence-electron chi connectivity index (χ2n) is 9.60. The number of piperidine rings is 1. The van der Waals surface area contributed by atoms with E-state index in [1.807, 2.05) is 12.1 Å². The lowest BCUT2D eigenvalue weighted by Gasteiger charge is -2.38. The van der Waals surface area contributed by atoms with Crippen LogP contribution in [0.4, 0.5) is 27.4 Å². The number of hydrogen-bond donors (Lipinski definition) is 2. The minimum absolute atomic E-state index is 0.297. The summed E-state index contributed by atoms with van der Waals surface area (Å²) in [5.74, 6) is 0.657. The summed E-state index contributed by atoms with van der Waals surface area (Å²) in [6.45, 7) is 7.02. The van der Waals surface area contributed by atoms with Crippen molar-refractivity contribution in [2.75, 3.05) is 76.1 Å². The number of alkyl halides is 1. The fourth-order valence-corrected chi connectivity index (χ4v) is 6.09. The molecule has 1 amide bonds. The normalized spacial score (nSPS) is 16.8. The highest BCUT2D eigenvalue weighted by atomic mass is 35.5. The summed E-state index contributed by atoms with van der Waals surface area (Å²) < 4.78 is 18.3. The molecule has 2 aliphatic heterocycles. The minimum Gasteiger partial charge on any atom is -0.494 e. The Morgan fingerprint density at radius 2 is 2.05 bits per heavy atom. The quantitative estimate of drug-likeness (QED) is 0.307. The van der Waals surface area contributed by atoms with Crippen LogP contribution in [0, 0.1) is 0 Å². The molecule has 0 atom stereocenters. The number of nitrogens with zero attached hydrogens (tertiary/aromatic N) is 5. The van der Waals surface area contributed by atoms with Crippen molar-refractivity contribution in [3.05, 3.63) is 36.0 Å². The van der Waals surface area contributed by atoms with Crippen molar-refractivity contribution in [1.29, 1.82) is 0 Å². The number of ether oxygens (including phenoxy) is 1. The largest absolute Gasteiger partial charge is 0.494 e. The SMILES string of the molecule is C=CC(=O)Nc1cc(Nc2ncc(Cl)c(SC3CN(CCF)C3)n2)c(OC)cc1N1CCC(N(C)C)CC1. The molecule has 2 fully saturated rings. The lowest BCUT2D eigenvalue weighted by atomic mass is 10.0. The Hall–Kier alpha value is -2.60. The molecule has 1 aromatic heterocycles. The van der Waals surface area contributed by atoms with Crippen molar-refractivity contribution >= 4 is 52.3 Å². The van der Waals surface area contributed by atoms with Crippen molar-refractivity contribution in [3.8, 4) is 5.75 Å². The second kappa shape index (κ2) is 13.0. The number of likely N-dealkylation sites (tertiary alicyclic amines) is 1. The number of methoxy groups -OCH3 is 1. The molecule has 3 heterocycles. The van der Waals surface area contributed by atoms with Crippen LogP contribution in [-0.2, 0) is 4.79 Å². The molecule has 0 aliphatic carbocycles. The van der Waals surface area contributed by atoms with Crippen LogP contribution in [0.1, 0.15) is 12.8 Å². The summed E-state index contributed by atoms with van der Waals surface area (Å²) in [5, 5.41) is 7.60. The number of carbonyl (C=O) groups is 1. The van der Waals surface area contributed by atoms with E-state index in [2.05, 4.69) is 56.0 Å². The molecular formula is C26H35ClFN7O2S. The van der Waals surface area contributed by atoms with Crippen LogP contribution in [0.15, 0.2) is 36.0 Å². The Morgan fingerprint density at radius 3 is 2.68 bits per heavy atom. The monoisotopic (exact) mass is 563 g/mol. The molecule has 0 unspecified atom stereocenters. The summed E-state index contributed by atoms with van der Waals surface area (Å²) in [6, 6.07) is 4.29. The lowest BCUT2D eigenvalue weighted by Crippen LogP contribution is -2.49. The molecule has 0 radical (unpaired) electrons. The van der Waals surface area contributed by atoms with Crippen molar-refractivity contribution < 1.29 is 13.9 Å². The van der Waals surface area contributed by atoms with Gasteiger partial charge in [0.1, 0.15) is 17.5 Å². The number of halogens is 2. The number of anilines is 4. The number of benzene rings is 1. The van der Waals surface area contributed by atoms with E-state index in [1.54, 1.807) is 25.1 Å². The molecule has 2 aliphatic rings. The van der Waals surface area contributed by atoms with Crippen LogP contribution in [0.5, 0.6) is 5.75 Å². The smallest absolute Gasteiger partial charge is 0.247 e. The number of aromatic nitrogens is 2. The van der Waals surface area contributed by atoms with Gasteiger partial charge in [-0.1, -0.05) is 29.9 Å². The molecule has 2 aromatic rings. The van der Waals surface area contributed by atoms with Gasteiger partial charge in [0.2, 0.25) is 11.9 Å². The van der Waals surface area contributed by atoms with E-state index in [9.17, 15) is 9.18 Å². The molecule has 1 aromatic carbocycles. The van der Waals surface area contributed by atoms with Gasteiger partial charge in [0.05, 0.1) is 35.4 Å². The van der Waals surface area contributed by atoms with E-state index < -0.39 is 0 Å². The number of thioether (sulfide) groups is 1. The molecule has 2 N–H and O–H groups in total. The maximum Gasteiger partial charge on any atom is 0.247 e. The molecule has 4 rings (SSSR count). The van der Waals surface area contributed by atoms with Gasteiger partial charge >= 0.3 is 0 Å². The number of nitrogens with one attached hydrogen (secondary N) is 2. The van der Waals surface area contributed by atoms with E-state index in [0.717, 1.165) is 44.7 Å². The van der Waals surface area contributed by atoms with Gasteiger partial charge < -0.3 is 25.2 Å². The van der Waals surface area contributed by atoms with E-state index >= 15 is 0 Å². The van der Waals surface area contributed by atoms with Gasteiger partial charge in [-0.15, -0.1) is 0 Å². The maximum absolute atomic E-state index is 12.6. The standard InChI is InChI=1S/C26H35ClFN7O2S/c1-5-24(36)30-20-12-21(23(37-4)13-22(20)35-9-6-17(7-10-35)33(2)3)31-26-29-14-19(27)25(32-26)38-18-15-34(16-18)11-8-28/h5,12-14,17-18H,1,6-11,15-16H2,2-4H3,(H,30,36)(H,29,31,32). The van der Waals surface area contributed by atoms with Gasteiger partial charge in [-0.05, 0) is 39.1 Å². The molecule has 9 nitrogen and oxygen atoms in total. The molecular weight excluding hydrogens is 529 g/mol. The number of carbonyl (C=O) groups excluding carboxylic acids is 1. The first kappa shape index (κ1) is 28.4. The number of rotatable bonds is 11. The topological polar surface area (TPSA) is 85.9 Å². The predicted octanol–water partition coefficient (Wildman–Crippen LogP) is 4.28. The lowest BCUT2D eigenvalue weighted by molar-refractivity contribution is -0.111. The Morgan fingerprint density at radius 1 is 1.32 bits per heavy atom. The van der Waals surface area contributed by atoms with E-state index in [1.165, 1.54) is 6.08 Å². The van der Waals surface area contributed by atoms with Crippen molar-refractivity contribution in [3.63, 3.8) is 0 Å². The Kier molecular flexibility index (Phi) is 9.69. The third-order valence-electron chi connectivity index (χ3n) is 6.86. The summed E-state index contributed by atoms with van der Waals surface area (Å²) in [4.78, 5) is 27.8. The van der Waals surface area contributed by atoms with Crippen molar-refractivity contribution in [1.82, 2.24) is 19.8 Å². The highest BCUT2D eigenvalue weighted by molar-refractivity contribution is 8.00. The van der Waals surface area contributed by atoms with Gasteiger partial charge in [-0.3, -0.25) is 9.69 Å². The summed E-state index contributed by atoms with van der Waals surface area (Å²) in [6.07, 6.45) is 4.86. The van der Waals surface area contributed by atoms with Crippen LogP contribution in [0.2, 0.25) is 5.02 Å². The van der Waals surface area contributed by atoms with E-state index in [4.69, 9.17) is 16.3 Å². The first-order valence-corrected chi connectivity index (χ1v) is 13.9. The van der Waals surface area contributed by atoms with Crippen molar-refractivity contribution in [2.45, 2.75) is 29.2 Å². The highest BCUT2D eigenvalue weighted by Crippen LogP contribution is 2.40. The minimum atomic E-state index is -0.343. The molecule has 38 heavy (non-hydrogen) atoms. The molecule has 0 saturated carbocycles. The Bertz CT molecular complexity index is 1140. The van der Waals surface area contributed by atoms with Crippen LogP contribution < -0.4 is 20.3 Å². The zero-order valence-corrected chi connectivity index (χ0v) is 23.6. The first-order valence-electron chi connectivity index (χ1n) is 12.6. The molecule has 206 valence electrons. The molecule has 0 bridgehead atoms. The third-order valence-corrected chi connectivity index (χ3v) is 8.41. The number of hydrogen-bond acceptors (Lipinski definition) is 9. The van der Waals surface area contributed by atoms with E-state index in [-0.39, 0.29) is 12.6 Å². The van der Waals surface area contributed by atoms with Gasteiger partial charge in [0.25, 0.3) is 0 Å². The van der Waals surface area contributed by atoms with Crippen LogP contribution in [0.3, 0.4) is 0 Å².